The van der Waals surface area contributed by atoms with Crippen molar-refractivity contribution in [2.45, 2.75) is 25.7 Å². The average Bonchev–Trinajstić information content (AvgIpc) is 2.88. The third-order valence-corrected chi connectivity index (χ3v) is 4.33. The van der Waals surface area contributed by atoms with E-state index in [-0.39, 0.29) is 10.8 Å². The summed E-state index contributed by atoms with van der Waals surface area (Å²) in [5.41, 5.74) is 0.886. The smallest absolute Gasteiger partial charge is 0.305 e. The summed E-state index contributed by atoms with van der Waals surface area (Å²) in [6.07, 6.45) is 4.88. The van der Waals surface area contributed by atoms with Crippen molar-refractivity contribution >= 4 is 17.2 Å². The van der Waals surface area contributed by atoms with Crippen molar-refractivity contribution in [3.8, 4) is 0 Å². The highest BCUT2D eigenvalue weighted by Gasteiger charge is 2.46. The molecule has 2 heterocycles. The van der Waals surface area contributed by atoms with Crippen molar-refractivity contribution in [1.29, 1.82) is 0 Å². The Balaban J connectivity index is 1.77. The van der Waals surface area contributed by atoms with Crippen molar-refractivity contribution in [3.05, 3.63) is 20.7 Å². The molecule has 16 heavy (non-hydrogen) atoms. The molecule has 0 unspecified atom stereocenters. The highest BCUT2D eigenvalue weighted by Crippen LogP contribution is 2.52. The molecule has 1 aliphatic carbocycles. The predicted octanol–water partition coefficient (Wildman–Crippen LogP) is 1.45. The number of H-pyrrole nitrogens is 1. The standard InChI is InChI=1S/C11H14N2O2S/c14-9(8-6-16-10(15)12-8)13-5-1-2-11(7-13)3-4-11/h6H,1-5,7H2,(H,12,15). The number of nitrogens with one attached hydrogen (secondary N) is 1. The summed E-state index contributed by atoms with van der Waals surface area (Å²) in [6, 6.07) is 0. The van der Waals surface area contributed by atoms with Gasteiger partial charge < -0.3 is 9.88 Å². The number of carbonyl (C=O) groups excluding carboxylic acids is 1. The van der Waals surface area contributed by atoms with E-state index < -0.39 is 0 Å². The molecular weight excluding hydrogens is 224 g/mol. The third kappa shape index (κ3) is 1.69. The maximum absolute atomic E-state index is 12.1. The lowest BCUT2D eigenvalue weighted by Gasteiger charge is -2.32. The number of amides is 1. The first-order valence-corrected chi connectivity index (χ1v) is 6.54. The molecule has 2 aliphatic rings. The first-order chi connectivity index (χ1) is 7.69. The molecule has 1 aromatic rings. The number of thiazole rings is 1. The fraction of sp³-hybridized carbons (Fsp3) is 0.636. The monoisotopic (exact) mass is 238 g/mol. The van der Waals surface area contributed by atoms with Crippen LogP contribution in [0.3, 0.4) is 0 Å². The zero-order valence-electron chi connectivity index (χ0n) is 8.99. The van der Waals surface area contributed by atoms with Crippen molar-refractivity contribution in [3.63, 3.8) is 0 Å². The van der Waals surface area contributed by atoms with Crippen molar-refractivity contribution in [1.82, 2.24) is 9.88 Å². The van der Waals surface area contributed by atoms with Crippen LogP contribution in [-0.4, -0.2) is 28.9 Å². The molecule has 1 amide bonds. The van der Waals surface area contributed by atoms with E-state index in [0.29, 0.717) is 11.1 Å². The number of carbonyl (C=O) groups is 1. The number of hydrogen-bond donors (Lipinski definition) is 1. The lowest BCUT2D eigenvalue weighted by atomic mass is 9.95. The fourth-order valence-corrected chi connectivity index (χ4v) is 3.08. The van der Waals surface area contributed by atoms with Crippen LogP contribution in [0.25, 0.3) is 0 Å². The molecule has 4 nitrogen and oxygen atoms in total. The summed E-state index contributed by atoms with van der Waals surface area (Å²) < 4.78 is 0. The van der Waals surface area contributed by atoms with Gasteiger partial charge >= 0.3 is 4.87 Å². The van der Waals surface area contributed by atoms with E-state index in [9.17, 15) is 9.59 Å². The minimum absolute atomic E-state index is 0.00988. The molecule has 0 aromatic carbocycles. The zero-order chi connectivity index (χ0) is 11.2. The van der Waals surface area contributed by atoms with Gasteiger partial charge in [-0.05, 0) is 31.1 Å². The van der Waals surface area contributed by atoms with Gasteiger partial charge in [0, 0.05) is 18.5 Å². The van der Waals surface area contributed by atoms with E-state index in [1.807, 2.05) is 4.90 Å². The molecule has 1 N–H and O–H groups in total. The number of likely N-dealkylation sites (tertiary alicyclic amines) is 1. The van der Waals surface area contributed by atoms with Crippen molar-refractivity contribution in [2.24, 2.45) is 5.41 Å². The van der Waals surface area contributed by atoms with E-state index in [1.54, 1.807) is 5.38 Å². The maximum Gasteiger partial charge on any atom is 0.305 e. The molecule has 1 aromatic heterocycles. The molecule has 86 valence electrons. The molecule has 2 fully saturated rings. The summed E-state index contributed by atoms with van der Waals surface area (Å²) in [4.78, 5) is 27.4. The first kappa shape index (κ1) is 10.1. The Hall–Kier alpha value is -1.10. The van der Waals surface area contributed by atoms with E-state index in [4.69, 9.17) is 0 Å². The van der Waals surface area contributed by atoms with Crippen molar-refractivity contribution in [2.75, 3.05) is 13.1 Å². The van der Waals surface area contributed by atoms with Crippen LogP contribution in [0.1, 0.15) is 36.2 Å². The predicted molar refractivity (Wildman–Crippen MR) is 61.7 cm³/mol. The molecule has 3 rings (SSSR count). The maximum atomic E-state index is 12.1. The molecule has 1 aliphatic heterocycles. The normalized spacial score (nSPS) is 22.4. The van der Waals surface area contributed by atoms with Crippen molar-refractivity contribution < 1.29 is 4.79 Å². The summed E-state index contributed by atoms with van der Waals surface area (Å²) in [5, 5.41) is 1.62. The Labute approximate surface area is 97.3 Å². The number of rotatable bonds is 1. The average molecular weight is 238 g/mol. The molecule has 0 atom stereocenters. The summed E-state index contributed by atoms with van der Waals surface area (Å²) in [6.45, 7) is 1.71. The minimum Gasteiger partial charge on any atom is -0.337 e. The van der Waals surface area contributed by atoms with Crippen LogP contribution in [0, 0.1) is 5.41 Å². The summed E-state index contributed by atoms with van der Waals surface area (Å²) in [5.74, 6) is -0.00988. The summed E-state index contributed by atoms with van der Waals surface area (Å²) in [7, 11) is 0. The first-order valence-electron chi connectivity index (χ1n) is 5.66. The van der Waals surface area contributed by atoms with Gasteiger partial charge in [0.1, 0.15) is 5.69 Å². The molecule has 1 spiro atoms. The van der Waals surface area contributed by atoms with Crippen LogP contribution in [0.2, 0.25) is 0 Å². The van der Waals surface area contributed by atoms with E-state index in [1.165, 1.54) is 19.3 Å². The topological polar surface area (TPSA) is 53.2 Å². The number of nitrogens with zero attached hydrogens (tertiary/aromatic N) is 1. The van der Waals surface area contributed by atoms with Crippen LogP contribution >= 0.6 is 11.3 Å². The van der Waals surface area contributed by atoms with E-state index >= 15 is 0 Å². The Morgan fingerprint density at radius 1 is 1.44 bits per heavy atom. The molecular formula is C11H14N2O2S. The zero-order valence-corrected chi connectivity index (χ0v) is 9.81. The van der Waals surface area contributed by atoms with Gasteiger partial charge in [0.15, 0.2) is 0 Å². The molecule has 1 saturated carbocycles. The molecule has 0 radical (unpaired) electrons. The van der Waals surface area contributed by atoms with E-state index in [2.05, 4.69) is 4.98 Å². The quantitative estimate of drug-likeness (QED) is 0.805. The van der Waals surface area contributed by atoms with Crippen LogP contribution in [0.4, 0.5) is 0 Å². The lowest BCUT2D eigenvalue weighted by Crippen LogP contribution is -2.41. The number of piperidine rings is 1. The van der Waals surface area contributed by atoms with Crippen LogP contribution in [-0.2, 0) is 0 Å². The molecule has 1 saturated heterocycles. The third-order valence-electron chi connectivity index (χ3n) is 3.66. The SMILES string of the molecule is O=C(c1csc(=O)[nH]1)N1CCCC2(CC2)C1. The molecule has 5 heteroatoms. The Morgan fingerprint density at radius 2 is 2.25 bits per heavy atom. The Morgan fingerprint density at radius 3 is 2.88 bits per heavy atom. The minimum atomic E-state index is -0.151. The number of hydrogen-bond acceptors (Lipinski definition) is 3. The van der Waals surface area contributed by atoms with Crippen LogP contribution < -0.4 is 4.87 Å². The Kier molecular flexibility index (Phi) is 2.17. The summed E-state index contributed by atoms with van der Waals surface area (Å²) >= 11 is 1.05. The number of aromatic amines is 1. The van der Waals surface area contributed by atoms with Gasteiger partial charge in [-0.3, -0.25) is 9.59 Å². The van der Waals surface area contributed by atoms with Gasteiger partial charge in [0.25, 0.3) is 5.91 Å². The van der Waals surface area contributed by atoms with Gasteiger partial charge in [-0.1, -0.05) is 11.3 Å². The van der Waals surface area contributed by atoms with Gasteiger partial charge in [-0.25, -0.2) is 0 Å². The largest absolute Gasteiger partial charge is 0.337 e. The van der Waals surface area contributed by atoms with Gasteiger partial charge in [0.2, 0.25) is 0 Å². The lowest BCUT2D eigenvalue weighted by molar-refractivity contribution is 0.0649. The Bertz CT molecular complexity index is 472. The highest BCUT2D eigenvalue weighted by atomic mass is 32.1. The van der Waals surface area contributed by atoms with Gasteiger partial charge in [-0.2, -0.15) is 0 Å². The van der Waals surface area contributed by atoms with Crippen LogP contribution in [0.5, 0.6) is 0 Å². The van der Waals surface area contributed by atoms with Gasteiger partial charge in [-0.15, -0.1) is 0 Å². The highest BCUT2D eigenvalue weighted by molar-refractivity contribution is 7.07. The molecule has 0 bridgehead atoms. The second-order valence-electron chi connectivity index (χ2n) is 4.89. The number of aromatic nitrogens is 1. The van der Waals surface area contributed by atoms with Crippen LogP contribution in [0.15, 0.2) is 10.2 Å². The second kappa shape index (κ2) is 3.45. The second-order valence-corrected chi connectivity index (χ2v) is 5.73. The van der Waals surface area contributed by atoms with E-state index in [0.717, 1.165) is 30.8 Å². The van der Waals surface area contributed by atoms with Gasteiger partial charge in [0.05, 0.1) is 0 Å². The fourth-order valence-electron chi connectivity index (χ4n) is 2.52.